The molecule has 0 atom stereocenters. The highest BCUT2D eigenvalue weighted by Gasteiger charge is 2.31. The third-order valence-corrected chi connectivity index (χ3v) is 5.64. The summed E-state index contributed by atoms with van der Waals surface area (Å²) in [6.07, 6.45) is -0.126. The van der Waals surface area contributed by atoms with Crippen molar-refractivity contribution in [1.29, 1.82) is 0 Å². The maximum Gasteiger partial charge on any atom is 0.306 e. The van der Waals surface area contributed by atoms with Gasteiger partial charge in [-0.05, 0) is 45.0 Å². The number of rotatable bonds is 7. The van der Waals surface area contributed by atoms with Crippen molar-refractivity contribution in [3.8, 4) is 11.4 Å². The molecule has 0 saturated carbocycles. The second-order valence-electron chi connectivity index (χ2n) is 7.81. The van der Waals surface area contributed by atoms with Gasteiger partial charge in [-0.1, -0.05) is 36.4 Å². The van der Waals surface area contributed by atoms with Gasteiger partial charge in [-0.3, -0.25) is 24.6 Å². The summed E-state index contributed by atoms with van der Waals surface area (Å²) in [6.45, 7) is 5.48. The molecule has 0 saturated heterocycles. The Morgan fingerprint density at radius 1 is 0.818 bits per heavy atom. The molecule has 170 valence electrons. The minimum absolute atomic E-state index is 0.126. The van der Waals surface area contributed by atoms with E-state index >= 15 is 0 Å². The van der Waals surface area contributed by atoms with Gasteiger partial charge in [0, 0.05) is 28.4 Å². The van der Waals surface area contributed by atoms with Gasteiger partial charge in [0.05, 0.1) is 24.4 Å². The zero-order valence-electron chi connectivity index (χ0n) is 18.8. The predicted octanol–water partition coefficient (Wildman–Crippen LogP) is 3.35. The zero-order valence-corrected chi connectivity index (χ0v) is 18.8. The number of aryl methyl sites for hydroxylation is 2. The fraction of sp³-hybridized carbons (Fsp3) is 0.240. The van der Waals surface area contributed by atoms with E-state index in [1.165, 1.54) is 9.36 Å². The van der Waals surface area contributed by atoms with E-state index in [1.54, 1.807) is 20.8 Å². The molecule has 0 aliphatic carbocycles. The van der Waals surface area contributed by atoms with Crippen molar-refractivity contribution in [3.63, 3.8) is 0 Å². The van der Waals surface area contributed by atoms with Crippen LogP contribution >= 0.6 is 0 Å². The summed E-state index contributed by atoms with van der Waals surface area (Å²) in [5.41, 5.74) is 2.63. The Bertz CT molecular complexity index is 1280. The molecule has 0 fully saturated rings. The highest BCUT2D eigenvalue weighted by Crippen LogP contribution is 2.29. The van der Waals surface area contributed by atoms with Gasteiger partial charge in [-0.15, -0.1) is 0 Å². The van der Waals surface area contributed by atoms with Crippen LogP contribution in [0.2, 0.25) is 0 Å². The number of aromatic amines is 2. The molecule has 2 N–H and O–H groups in total. The van der Waals surface area contributed by atoms with Gasteiger partial charge in [0.15, 0.2) is 0 Å². The zero-order chi connectivity index (χ0) is 23.5. The Morgan fingerprint density at radius 3 is 1.64 bits per heavy atom. The van der Waals surface area contributed by atoms with E-state index in [9.17, 15) is 14.4 Å². The molecule has 4 aromatic rings. The summed E-state index contributed by atoms with van der Waals surface area (Å²) >= 11 is 0. The first-order valence-corrected chi connectivity index (χ1v) is 10.8. The number of para-hydroxylation sites is 2. The summed E-state index contributed by atoms with van der Waals surface area (Å²) in [6, 6.07) is 18.3. The molecule has 8 nitrogen and oxygen atoms in total. The number of H-pyrrole nitrogens is 2. The number of hydrogen-bond acceptors (Lipinski definition) is 4. The molecular formula is C25H26N4O4. The Hall–Kier alpha value is -4.07. The first kappa shape index (κ1) is 22.1. The standard InChI is InChI=1S/C25H26N4O4/c1-4-33-21(30)15-20(22-16(2)26-28(24(22)31)18-11-7-5-8-12-18)23-17(3)27-29(25(23)32)19-13-9-6-10-14-19/h5-14,20,26-27H,4,15H2,1-3H3. The van der Waals surface area contributed by atoms with Crippen LogP contribution in [0.25, 0.3) is 11.4 Å². The van der Waals surface area contributed by atoms with Gasteiger partial charge in [-0.25, -0.2) is 9.36 Å². The van der Waals surface area contributed by atoms with Crippen molar-refractivity contribution >= 4 is 5.97 Å². The van der Waals surface area contributed by atoms with Gasteiger partial charge in [0.2, 0.25) is 0 Å². The number of nitrogens with zero attached hydrogens (tertiary/aromatic N) is 2. The molecular weight excluding hydrogens is 420 g/mol. The second-order valence-corrected chi connectivity index (χ2v) is 7.81. The lowest BCUT2D eigenvalue weighted by Crippen LogP contribution is -2.26. The number of hydrogen-bond donors (Lipinski definition) is 2. The number of benzene rings is 2. The molecule has 2 aromatic heterocycles. The normalized spacial score (nSPS) is 11.2. The first-order valence-electron chi connectivity index (χ1n) is 10.8. The van der Waals surface area contributed by atoms with Crippen molar-refractivity contribution in [2.75, 3.05) is 6.61 Å². The maximum absolute atomic E-state index is 13.5. The number of carbonyl (C=O) groups is 1. The van der Waals surface area contributed by atoms with Gasteiger partial charge in [0.1, 0.15) is 0 Å². The predicted molar refractivity (Wildman–Crippen MR) is 125 cm³/mol. The SMILES string of the molecule is CCOC(=O)CC(c1c(C)[nH]n(-c2ccccc2)c1=O)c1c(C)[nH]n(-c2ccccc2)c1=O. The van der Waals surface area contributed by atoms with E-state index in [1.807, 2.05) is 60.7 Å². The quantitative estimate of drug-likeness (QED) is 0.425. The molecule has 0 aliphatic heterocycles. The Morgan fingerprint density at radius 2 is 1.24 bits per heavy atom. The lowest BCUT2D eigenvalue weighted by atomic mass is 9.89. The molecule has 0 bridgehead atoms. The van der Waals surface area contributed by atoms with Gasteiger partial charge < -0.3 is 4.74 Å². The lowest BCUT2D eigenvalue weighted by molar-refractivity contribution is -0.143. The smallest absolute Gasteiger partial charge is 0.306 e. The number of ether oxygens (including phenoxy) is 1. The Labute approximate surface area is 190 Å². The maximum atomic E-state index is 13.5. The third kappa shape index (κ3) is 4.19. The van der Waals surface area contributed by atoms with Crippen LogP contribution in [-0.4, -0.2) is 32.1 Å². The monoisotopic (exact) mass is 446 g/mol. The molecule has 0 spiro atoms. The molecule has 4 rings (SSSR count). The van der Waals surface area contributed by atoms with Gasteiger partial charge in [0.25, 0.3) is 11.1 Å². The highest BCUT2D eigenvalue weighted by atomic mass is 16.5. The Kier molecular flexibility index (Phi) is 6.17. The number of nitrogens with one attached hydrogen (secondary N) is 2. The van der Waals surface area contributed by atoms with Crippen LogP contribution in [0.4, 0.5) is 0 Å². The molecule has 2 aromatic carbocycles. The number of carbonyl (C=O) groups excluding carboxylic acids is 1. The van der Waals surface area contributed by atoms with E-state index in [2.05, 4.69) is 10.2 Å². The molecule has 33 heavy (non-hydrogen) atoms. The average Bonchev–Trinajstić information content (AvgIpc) is 3.28. The molecule has 0 amide bonds. The van der Waals surface area contributed by atoms with Crippen LogP contribution < -0.4 is 11.1 Å². The molecule has 0 radical (unpaired) electrons. The molecule has 0 unspecified atom stereocenters. The summed E-state index contributed by atoms with van der Waals surface area (Å²) in [4.78, 5) is 39.5. The topological polar surface area (TPSA) is 102 Å². The van der Waals surface area contributed by atoms with E-state index in [0.717, 1.165) is 0 Å². The van der Waals surface area contributed by atoms with Crippen molar-refractivity contribution in [1.82, 2.24) is 19.6 Å². The van der Waals surface area contributed by atoms with E-state index < -0.39 is 11.9 Å². The van der Waals surface area contributed by atoms with Crippen LogP contribution in [0.3, 0.4) is 0 Å². The van der Waals surface area contributed by atoms with Crippen LogP contribution in [0.15, 0.2) is 70.3 Å². The van der Waals surface area contributed by atoms with Gasteiger partial charge >= 0.3 is 5.97 Å². The third-order valence-electron chi connectivity index (χ3n) is 5.64. The van der Waals surface area contributed by atoms with Crippen LogP contribution in [0.5, 0.6) is 0 Å². The van der Waals surface area contributed by atoms with Crippen molar-refractivity contribution in [2.45, 2.75) is 33.1 Å². The van der Waals surface area contributed by atoms with Gasteiger partial charge in [-0.2, -0.15) is 0 Å². The molecule has 8 heteroatoms. The fourth-order valence-electron chi connectivity index (χ4n) is 4.19. The first-order chi connectivity index (χ1) is 15.9. The van der Waals surface area contributed by atoms with Crippen molar-refractivity contribution in [3.05, 3.63) is 104 Å². The summed E-state index contributed by atoms with van der Waals surface area (Å²) in [7, 11) is 0. The minimum Gasteiger partial charge on any atom is -0.466 e. The summed E-state index contributed by atoms with van der Waals surface area (Å²) in [5, 5.41) is 6.19. The summed E-state index contributed by atoms with van der Waals surface area (Å²) in [5.74, 6) is -1.24. The van der Waals surface area contributed by atoms with E-state index in [0.29, 0.717) is 33.9 Å². The largest absolute Gasteiger partial charge is 0.466 e. The molecule has 0 aliphatic rings. The average molecular weight is 447 g/mol. The van der Waals surface area contributed by atoms with Crippen LogP contribution in [0, 0.1) is 13.8 Å². The van der Waals surface area contributed by atoms with Crippen LogP contribution in [0.1, 0.15) is 41.8 Å². The fourth-order valence-corrected chi connectivity index (χ4v) is 4.19. The minimum atomic E-state index is -0.772. The Balaban J connectivity index is 1.90. The molecule has 2 heterocycles. The van der Waals surface area contributed by atoms with E-state index in [4.69, 9.17) is 4.74 Å². The highest BCUT2D eigenvalue weighted by molar-refractivity contribution is 5.71. The summed E-state index contributed by atoms with van der Waals surface area (Å²) < 4.78 is 8.04. The lowest BCUT2D eigenvalue weighted by Gasteiger charge is -2.14. The van der Waals surface area contributed by atoms with E-state index in [-0.39, 0.29) is 24.1 Å². The van der Waals surface area contributed by atoms with Crippen molar-refractivity contribution < 1.29 is 9.53 Å². The van der Waals surface area contributed by atoms with Crippen LogP contribution in [-0.2, 0) is 9.53 Å². The van der Waals surface area contributed by atoms with Crippen molar-refractivity contribution in [2.24, 2.45) is 0 Å². The second kappa shape index (κ2) is 9.20. The number of esters is 1. The number of aromatic nitrogens is 4.